The molecule has 1 unspecified atom stereocenters. The highest BCUT2D eigenvalue weighted by Crippen LogP contribution is 2.28. The monoisotopic (exact) mass is 345 g/mol. The van der Waals surface area contributed by atoms with Crippen molar-refractivity contribution in [3.05, 3.63) is 47.8 Å². The van der Waals surface area contributed by atoms with Crippen LogP contribution in [-0.2, 0) is 16.0 Å². The second-order valence-corrected chi connectivity index (χ2v) is 6.99. The maximum Gasteiger partial charge on any atom is 0.433 e. The van der Waals surface area contributed by atoms with E-state index in [4.69, 9.17) is 0 Å². The highest BCUT2D eigenvalue weighted by atomic mass is 32.2. The van der Waals surface area contributed by atoms with Crippen LogP contribution in [0.4, 0.5) is 19.1 Å². The summed E-state index contributed by atoms with van der Waals surface area (Å²) >= 11 is 0. The molecule has 2 rings (SSSR count). The zero-order chi connectivity index (χ0) is 17.3. The molecule has 1 aromatic carbocycles. The molecule has 1 heterocycles. The Bertz CT molecular complexity index is 790. The van der Waals surface area contributed by atoms with E-state index in [1.807, 2.05) is 0 Å². The van der Waals surface area contributed by atoms with Gasteiger partial charge < -0.3 is 5.32 Å². The summed E-state index contributed by atoms with van der Waals surface area (Å²) < 4.78 is 60.6. The Labute approximate surface area is 131 Å². The molecule has 9 heteroatoms. The number of sulfone groups is 1. The van der Waals surface area contributed by atoms with E-state index in [0.29, 0.717) is 5.56 Å². The van der Waals surface area contributed by atoms with Crippen molar-refractivity contribution in [1.29, 1.82) is 0 Å². The Balaban J connectivity index is 2.18. The summed E-state index contributed by atoms with van der Waals surface area (Å²) in [5.41, 5.74) is -0.340. The van der Waals surface area contributed by atoms with Gasteiger partial charge in [0.05, 0.1) is 10.9 Å². The van der Waals surface area contributed by atoms with Crippen LogP contribution in [0.5, 0.6) is 0 Å². The van der Waals surface area contributed by atoms with Gasteiger partial charge in [0.15, 0.2) is 9.84 Å². The standard InChI is InChI=1S/C14H14F3N3O2S/c1-9(10-3-5-11(6-4-10)23(2,21)22)19-13-18-8-7-12(20-13)14(15,16)17/h3-9H,1-2H3,(H,18,19,20). The van der Waals surface area contributed by atoms with Crippen molar-refractivity contribution < 1.29 is 21.6 Å². The zero-order valence-corrected chi connectivity index (χ0v) is 13.1. The number of nitrogens with zero attached hydrogens (tertiary/aromatic N) is 2. The Morgan fingerprint density at radius 1 is 1.13 bits per heavy atom. The second kappa shape index (κ2) is 6.15. The van der Waals surface area contributed by atoms with Crippen molar-refractivity contribution in [3.8, 4) is 0 Å². The lowest BCUT2D eigenvalue weighted by Crippen LogP contribution is -2.14. The van der Waals surface area contributed by atoms with Gasteiger partial charge in [0, 0.05) is 12.5 Å². The third-order valence-electron chi connectivity index (χ3n) is 3.10. The number of aromatic nitrogens is 2. The average Bonchev–Trinajstić information content (AvgIpc) is 2.46. The summed E-state index contributed by atoms with van der Waals surface area (Å²) in [6, 6.07) is 6.44. The Kier molecular flexibility index (Phi) is 4.60. The van der Waals surface area contributed by atoms with Gasteiger partial charge in [-0.1, -0.05) is 12.1 Å². The van der Waals surface area contributed by atoms with Gasteiger partial charge in [-0.3, -0.25) is 0 Å². The number of nitrogens with one attached hydrogen (secondary N) is 1. The molecule has 0 aliphatic rings. The zero-order valence-electron chi connectivity index (χ0n) is 12.3. The highest BCUT2D eigenvalue weighted by Gasteiger charge is 2.32. The molecule has 1 N–H and O–H groups in total. The molecule has 0 saturated carbocycles. The molecule has 124 valence electrons. The largest absolute Gasteiger partial charge is 0.433 e. The summed E-state index contributed by atoms with van der Waals surface area (Å²) in [6.07, 6.45) is -2.42. The van der Waals surface area contributed by atoms with Crippen molar-refractivity contribution in [2.24, 2.45) is 0 Å². The molecule has 0 amide bonds. The summed E-state index contributed by atoms with van der Waals surface area (Å²) in [7, 11) is -3.30. The van der Waals surface area contributed by atoms with Crippen LogP contribution in [0.3, 0.4) is 0 Å². The third kappa shape index (κ3) is 4.41. The molecular weight excluding hydrogens is 331 g/mol. The molecule has 2 aromatic rings. The minimum atomic E-state index is -4.54. The molecule has 23 heavy (non-hydrogen) atoms. The van der Waals surface area contributed by atoms with Crippen LogP contribution in [0.15, 0.2) is 41.4 Å². The second-order valence-electron chi connectivity index (χ2n) is 4.97. The molecule has 0 fully saturated rings. The van der Waals surface area contributed by atoms with Gasteiger partial charge >= 0.3 is 6.18 Å². The fraction of sp³-hybridized carbons (Fsp3) is 0.286. The lowest BCUT2D eigenvalue weighted by Gasteiger charge is -2.15. The number of rotatable bonds is 4. The first-order valence-electron chi connectivity index (χ1n) is 6.54. The lowest BCUT2D eigenvalue weighted by molar-refractivity contribution is -0.141. The number of halogens is 3. The predicted molar refractivity (Wildman–Crippen MR) is 78.6 cm³/mol. The van der Waals surface area contributed by atoms with Crippen LogP contribution < -0.4 is 5.32 Å². The molecule has 1 atom stereocenters. The van der Waals surface area contributed by atoms with Gasteiger partial charge in [-0.15, -0.1) is 0 Å². The van der Waals surface area contributed by atoms with Crippen LogP contribution in [0.1, 0.15) is 24.2 Å². The lowest BCUT2D eigenvalue weighted by atomic mass is 10.1. The SMILES string of the molecule is CC(Nc1nccc(C(F)(F)F)n1)c1ccc(S(C)(=O)=O)cc1. The minimum Gasteiger partial charge on any atom is -0.348 e. The third-order valence-corrected chi connectivity index (χ3v) is 4.23. The Morgan fingerprint density at radius 2 is 1.74 bits per heavy atom. The van der Waals surface area contributed by atoms with Crippen LogP contribution >= 0.6 is 0 Å². The average molecular weight is 345 g/mol. The number of alkyl halides is 3. The summed E-state index contributed by atoms with van der Waals surface area (Å²) in [5.74, 6) is -0.153. The van der Waals surface area contributed by atoms with E-state index in [1.165, 1.54) is 12.1 Å². The molecule has 0 aliphatic heterocycles. The molecule has 0 aliphatic carbocycles. The topological polar surface area (TPSA) is 72.0 Å². The Hall–Kier alpha value is -2.16. The highest BCUT2D eigenvalue weighted by molar-refractivity contribution is 7.90. The molecule has 1 aromatic heterocycles. The van der Waals surface area contributed by atoms with Gasteiger partial charge in [-0.05, 0) is 30.7 Å². The number of anilines is 1. The molecule has 0 spiro atoms. The molecule has 0 bridgehead atoms. The first kappa shape index (κ1) is 17.2. The maximum absolute atomic E-state index is 12.6. The first-order chi connectivity index (χ1) is 10.6. The molecular formula is C14H14F3N3O2S. The van der Waals surface area contributed by atoms with Crippen LogP contribution in [-0.4, -0.2) is 24.6 Å². The van der Waals surface area contributed by atoms with Crippen molar-refractivity contribution in [2.45, 2.75) is 24.0 Å². The van der Waals surface area contributed by atoms with E-state index in [-0.39, 0.29) is 10.8 Å². The smallest absolute Gasteiger partial charge is 0.348 e. The van der Waals surface area contributed by atoms with Crippen LogP contribution in [0.25, 0.3) is 0 Å². The van der Waals surface area contributed by atoms with Gasteiger partial charge in [-0.25, -0.2) is 18.4 Å². The van der Waals surface area contributed by atoms with Crippen LogP contribution in [0.2, 0.25) is 0 Å². The van der Waals surface area contributed by atoms with Crippen LogP contribution in [0, 0.1) is 0 Å². The van der Waals surface area contributed by atoms with Gasteiger partial charge in [0.25, 0.3) is 0 Å². The van der Waals surface area contributed by atoms with Crippen molar-refractivity contribution in [3.63, 3.8) is 0 Å². The number of hydrogen-bond donors (Lipinski definition) is 1. The maximum atomic E-state index is 12.6. The van der Waals surface area contributed by atoms with E-state index in [9.17, 15) is 21.6 Å². The molecule has 0 saturated heterocycles. The Morgan fingerprint density at radius 3 is 2.26 bits per heavy atom. The van der Waals surface area contributed by atoms with E-state index >= 15 is 0 Å². The molecule has 0 radical (unpaired) electrons. The first-order valence-corrected chi connectivity index (χ1v) is 8.43. The quantitative estimate of drug-likeness (QED) is 0.922. The van der Waals surface area contributed by atoms with E-state index in [1.54, 1.807) is 19.1 Å². The van der Waals surface area contributed by atoms with Gasteiger partial charge in [0.1, 0.15) is 5.69 Å². The summed E-state index contributed by atoms with van der Waals surface area (Å²) in [6.45, 7) is 1.71. The fourth-order valence-corrected chi connectivity index (χ4v) is 2.50. The van der Waals surface area contributed by atoms with Gasteiger partial charge in [-0.2, -0.15) is 13.2 Å². The molecule has 5 nitrogen and oxygen atoms in total. The van der Waals surface area contributed by atoms with Gasteiger partial charge in [0.2, 0.25) is 5.95 Å². The minimum absolute atomic E-state index is 0.153. The van der Waals surface area contributed by atoms with E-state index in [2.05, 4.69) is 15.3 Å². The van der Waals surface area contributed by atoms with E-state index < -0.39 is 27.7 Å². The summed E-state index contributed by atoms with van der Waals surface area (Å²) in [4.78, 5) is 7.35. The summed E-state index contributed by atoms with van der Waals surface area (Å²) in [5, 5.41) is 2.76. The predicted octanol–water partition coefficient (Wildman–Crippen LogP) is 3.07. The van der Waals surface area contributed by atoms with E-state index in [0.717, 1.165) is 18.5 Å². The normalized spacial score (nSPS) is 13.6. The fourth-order valence-electron chi connectivity index (χ4n) is 1.87. The van der Waals surface area contributed by atoms with Crippen molar-refractivity contribution in [1.82, 2.24) is 9.97 Å². The number of benzene rings is 1. The number of hydrogen-bond acceptors (Lipinski definition) is 5. The van der Waals surface area contributed by atoms with Crippen molar-refractivity contribution >= 4 is 15.8 Å². The van der Waals surface area contributed by atoms with Crippen molar-refractivity contribution in [2.75, 3.05) is 11.6 Å².